The van der Waals surface area contributed by atoms with Gasteiger partial charge in [-0.25, -0.2) is 4.79 Å². The molecule has 0 saturated heterocycles. The van der Waals surface area contributed by atoms with Crippen molar-refractivity contribution in [1.82, 2.24) is 14.9 Å². The van der Waals surface area contributed by atoms with E-state index in [2.05, 4.69) is 9.97 Å². The van der Waals surface area contributed by atoms with Crippen molar-refractivity contribution in [3.05, 3.63) is 27.4 Å². The molecular weight excluding hydrogens is 262 g/mol. The number of aliphatic hydroxyl groups excluding tert-OH is 1. The number of hydrogen-bond acceptors (Lipinski definition) is 5. The van der Waals surface area contributed by atoms with Crippen LogP contribution in [-0.4, -0.2) is 59.3 Å². The Morgan fingerprint density at radius 2 is 2.15 bits per heavy atom. The average molecular weight is 283 g/mol. The van der Waals surface area contributed by atoms with Gasteiger partial charge in [0.2, 0.25) is 5.91 Å². The molecule has 1 aromatic rings. The number of rotatable bonds is 6. The predicted molar refractivity (Wildman–Crippen MR) is 73.6 cm³/mol. The van der Waals surface area contributed by atoms with Gasteiger partial charge in [-0.15, -0.1) is 0 Å². The molecule has 7 heteroatoms. The number of aryl methyl sites for hydroxylation is 2. The zero-order valence-electron chi connectivity index (χ0n) is 12.3. The van der Waals surface area contributed by atoms with Crippen LogP contribution < -0.4 is 5.69 Å². The van der Waals surface area contributed by atoms with Gasteiger partial charge in [0.25, 0.3) is 0 Å². The van der Waals surface area contributed by atoms with E-state index in [1.807, 2.05) is 0 Å². The summed E-state index contributed by atoms with van der Waals surface area (Å²) >= 11 is 0. The molecule has 0 spiro atoms. The fourth-order valence-electron chi connectivity index (χ4n) is 1.96. The van der Waals surface area contributed by atoms with Crippen LogP contribution in [0.1, 0.15) is 17.0 Å². The summed E-state index contributed by atoms with van der Waals surface area (Å²) in [7, 11) is 3.11. The molecule has 1 amide bonds. The van der Waals surface area contributed by atoms with Crippen molar-refractivity contribution < 1.29 is 14.6 Å². The Kier molecular flexibility index (Phi) is 5.84. The zero-order chi connectivity index (χ0) is 15.3. The van der Waals surface area contributed by atoms with E-state index in [4.69, 9.17) is 4.74 Å². The average Bonchev–Trinajstić information content (AvgIpc) is 2.33. The number of nitrogens with one attached hydrogen (secondary N) is 1. The van der Waals surface area contributed by atoms with Gasteiger partial charge in [-0.3, -0.25) is 4.79 Å². The molecule has 0 aromatic carbocycles. The number of nitrogens with zero attached hydrogens (tertiary/aromatic N) is 2. The Labute approximate surface area is 117 Å². The summed E-state index contributed by atoms with van der Waals surface area (Å²) in [6.07, 6.45) is -0.581. The molecule has 0 aliphatic carbocycles. The van der Waals surface area contributed by atoms with E-state index in [0.717, 1.165) is 0 Å². The summed E-state index contributed by atoms with van der Waals surface area (Å²) in [5.74, 6) is -0.153. The molecule has 1 aromatic heterocycles. The molecule has 1 heterocycles. The van der Waals surface area contributed by atoms with E-state index < -0.39 is 11.8 Å². The molecule has 1 atom stereocenters. The van der Waals surface area contributed by atoms with Gasteiger partial charge in [0.15, 0.2) is 0 Å². The second-order valence-electron chi connectivity index (χ2n) is 4.79. The lowest BCUT2D eigenvalue weighted by molar-refractivity contribution is -0.130. The number of aliphatic hydroxyl groups is 1. The first kappa shape index (κ1) is 16.3. The Hall–Kier alpha value is -1.73. The Bertz CT molecular complexity index is 501. The van der Waals surface area contributed by atoms with E-state index in [0.29, 0.717) is 17.0 Å². The Morgan fingerprint density at radius 3 is 2.70 bits per heavy atom. The van der Waals surface area contributed by atoms with Crippen LogP contribution in [0.5, 0.6) is 0 Å². The number of H-pyrrole nitrogens is 1. The van der Waals surface area contributed by atoms with Crippen LogP contribution in [-0.2, 0) is 16.0 Å². The number of carbonyl (C=O) groups is 1. The maximum absolute atomic E-state index is 12.1. The van der Waals surface area contributed by atoms with Crippen LogP contribution in [0.15, 0.2) is 4.79 Å². The number of likely N-dealkylation sites (N-methyl/N-ethyl adjacent to an activating group) is 1. The predicted octanol–water partition coefficient (Wildman–Crippen LogP) is -0.605. The lowest BCUT2D eigenvalue weighted by Crippen LogP contribution is -2.37. The van der Waals surface area contributed by atoms with Crippen LogP contribution >= 0.6 is 0 Å². The molecule has 20 heavy (non-hydrogen) atoms. The topological polar surface area (TPSA) is 95.5 Å². The SMILES string of the molecule is COCC(O)CN(C)C(=O)Cc1c(C)nc(=O)[nH]c1C. The highest BCUT2D eigenvalue weighted by Gasteiger charge is 2.17. The minimum absolute atomic E-state index is 0.137. The third-order valence-corrected chi connectivity index (χ3v) is 3.05. The monoisotopic (exact) mass is 283 g/mol. The van der Waals surface area contributed by atoms with E-state index in [9.17, 15) is 14.7 Å². The molecule has 0 bridgehead atoms. The third kappa shape index (κ3) is 4.43. The zero-order valence-corrected chi connectivity index (χ0v) is 12.3. The van der Waals surface area contributed by atoms with E-state index in [-0.39, 0.29) is 25.5 Å². The first-order valence-corrected chi connectivity index (χ1v) is 6.32. The van der Waals surface area contributed by atoms with Crippen LogP contribution in [0.25, 0.3) is 0 Å². The van der Waals surface area contributed by atoms with Crippen LogP contribution in [0.2, 0.25) is 0 Å². The number of methoxy groups -OCH3 is 1. The number of ether oxygens (including phenoxy) is 1. The summed E-state index contributed by atoms with van der Waals surface area (Å²) in [4.78, 5) is 31.1. The summed E-state index contributed by atoms with van der Waals surface area (Å²) in [6.45, 7) is 3.81. The molecule has 0 aliphatic heterocycles. The first-order chi connectivity index (χ1) is 9.35. The number of aromatic nitrogens is 2. The molecule has 1 unspecified atom stereocenters. The summed E-state index contributed by atoms with van der Waals surface area (Å²) in [5.41, 5.74) is 1.48. The van der Waals surface area contributed by atoms with Gasteiger partial charge in [0.05, 0.1) is 19.1 Å². The molecule has 0 saturated carbocycles. The van der Waals surface area contributed by atoms with Gasteiger partial charge in [-0.05, 0) is 13.8 Å². The Balaban J connectivity index is 2.73. The van der Waals surface area contributed by atoms with Gasteiger partial charge in [0.1, 0.15) is 0 Å². The highest BCUT2D eigenvalue weighted by atomic mass is 16.5. The highest BCUT2D eigenvalue weighted by Crippen LogP contribution is 2.09. The number of amides is 1. The quantitative estimate of drug-likeness (QED) is 0.726. The van der Waals surface area contributed by atoms with Gasteiger partial charge >= 0.3 is 5.69 Å². The third-order valence-electron chi connectivity index (χ3n) is 3.05. The van der Waals surface area contributed by atoms with E-state index in [1.54, 1.807) is 20.9 Å². The van der Waals surface area contributed by atoms with Crippen LogP contribution in [0.4, 0.5) is 0 Å². The highest BCUT2D eigenvalue weighted by molar-refractivity contribution is 5.79. The second-order valence-corrected chi connectivity index (χ2v) is 4.79. The largest absolute Gasteiger partial charge is 0.389 e. The van der Waals surface area contributed by atoms with E-state index >= 15 is 0 Å². The maximum atomic E-state index is 12.1. The van der Waals surface area contributed by atoms with Gasteiger partial charge < -0.3 is 19.7 Å². The van der Waals surface area contributed by atoms with E-state index in [1.165, 1.54) is 12.0 Å². The fourth-order valence-corrected chi connectivity index (χ4v) is 1.96. The minimum Gasteiger partial charge on any atom is -0.389 e. The standard InChI is InChI=1S/C13H21N3O4/c1-8-11(9(2)15-13(19)14-8)5-12(18)16(3)6-10(17)7-20-4/h10,17H,5-7H2,1-4H3,(H,14,15,19). The lowest BCUT2D eigenvalue weighted by Gasteiger charge is -2.21. The summed E-state index contributed by atoms with van der Waals surface area (Å²) < 4.78 is 4.82. The smallest absolute Gasteiger partial charge is 0.345 e. The van der Waals surface area contributed by atoms with Crippen molar-refractivity contribution in [3.63, 3.8) is 0 Å². The second kappa shape index (κ2) is 7.16. The Morgan fingerprint density at radius 1 is 1.50 bits per heavy atom. The van der Waals surface area contributed by atoms with Crippen molar-refractivity contribution in [3.8, 4) is 0 Å². The van der Waals surface area contributed by atoms with Crippen molar-refractivity contribution in [2.45, 2.75) is 26.4 Å². The lowest BCUT2D eigenvalue weighted by atomic mass is 10.1. The molecule has 0 aliphatic rings. The summed E-state index contributed by atoms with van der Waals surface area (Å²) in [5, 5.41) is 9.60. The molecule has 112 valence electrons. The van der Waals surface area contributed by atoms with Crippen molar-refractivity contribution in [1.29, 1.82) is 0 Å². The molecule has 0 radical (unpaired) electrons. The first-order valence-electron chi connectivity index (χ1n) is 6.32. The van der Waals surface area contributed by atoms with Gasteiger partial charge in [-0.2, -0.15) is 4.98 Å². The molecule has 7 nitrogen and oxygen atoms in total. The van der Waals surface area contributed by atoms with Gasteiger partial charge in [-0.1, -0.05) is 0 Å². The molecule has 2 N–H and O–H groups in total. The molecule has 0 fully saturated rings. The summed E-state index contributed by atoms with van der Waals surface area (Å²) in [6, 6.07) is 0. The number of hydrogen-bond donors (Lipinski definition) is 2. The van der Waals surface area contributed by atoms with Crippen molar-refractivity contribution >= 4 is 5.91 Å². The van der Waals surface area contributed by atoms with Crippen molar-refractivity contribution in [2.75, 3.05) is 27.3 Å². The molecular formula is C13H21N3O4. The van der Waals surface area contributed by atoms with Crippen molar-refractivity contribution in [2.24, 2.45) is 0 Å². The number of carbonyl (C=O) groups excluding carboxylic acids is 1. The minimum atomic E-state index is -0.718. The maximum Gasteiger partial charge on any atom is 0.345 e. The molecule has 1 rings (SSSR count). The number of aromatic amines is 1. The fraction of sp³-hybridized carbons (Fsp3) is 0.615. The van der Waals surface area contributed by atoms with Gasteiger partial charge in [0, 0.05) is 37.7 Å². The normalized spacial score (nSPS) is 12.2. The van der Waals surface area contributed by atoms with Crippen LogP contribution in [0, 0.1) is 13.8 Å². The van der Waals surface area contributed by atoms with Crippen LogP contribution in [0.3, 0.4) is 0 Å².